The molecule has 0 unspecified atom stereocenters. The minimum absolute atomic E-state index is 0.252. The van der Waals surface area contributed by atoms with E-state index in [2.05, 4.69) is 10.1 Å². The number of carbonyl (C=O) groups is 1. The van der Waals surface area contributed by atoms with Crippen LogP contribution in [0.3, 0.4) is 0 Å². The molecule has 0 saturated heterocycles. The van der Waals surface area contributed by atoms with Crippen molar-refractivity contribution in [2.24, 2.45) is 0 Å². The Morgan fingerprint density at radius 2 is 2.41 bits per heavy atom. The molecule has 2 aromatic rings. The molecule has 0 radical (unpaired) electrons. The Morgan fingerprint density at radius 1 is 1.59 bits per heavy atom. The summed E-state index contributed by atoms with van der Waals surface area (Å²) in [5.74, 6) is 0.234. The molecule has 0 aliphatic heterocycles. The second-order valence-electron chi connectivity index (χ2n) is 3.73. The molecule has 2 aromatic heterocycles. The zero-order chi connectivity index (χ0) is 12.3. The van der Waals surface area contributed by atoms with Gasteiger partial charge in [-0.15, -0.1) is 0 Å². The van der Waals surface area contributed by atoms with Crippen LogP contribution < -0.4 is 0 Å². The van der Waals surface area contributed by atoms with E-state index in [0.29, 0.717) is 18.3 Å². The quantitative estimate of drug-likeness (QED) is 0.850. The van der Waals surface area contributed by atoms with Crippen LogP contribution in [0.15, 0.2) is 23.0 Å². The van der Waals surface area contributed by atoms with Crippen molar-refractivity contribution >= 4 is 5.97 Å². The van der Waals surface area contributed by atoms with Crippen LogP contribution in [0, 0.1) is 0 Å². The maximum Gasteiger partial charge on any atom is 0.337 e. The number of aryl methyl sites for hydroxylation is 1. The summed E-state index contributed by atoms with van der Waals surface area (Å²) < 4.78 is 6.75. The molecule has 0 atom stereocenters. The Balaban J connectivity index is 2.05. The maximum atomic E-state index is 10.7. The maximum absolute atomic E-state index is 10.7. The zero-order valence-electron chi connectivity index (χ0n) is 9.46. The number of hydrogen-bond acceptors (Lipinski definition) is 4. The molecule has 0 amide bonds. The average Bonchev–Trinajstić information content (AvgIpc) is 2.89. The van der Waals surface area contributed by atoms with Gasteiger partial charge in [0.25, 0.3) is 0 Å². The molecular formula is C11H13N3O3. The first-order valence-corrected chi connectivity index (χ1v) is 5.39. The van der Waals surface area contributed by atoms with Gasteiger partial charge in [0.1, 0.15) is 0 Å². The van der Waals surface area contributed by atoms with Crippen molar-refractivity contribution in [1.29, 1.82) is 0 Å². The molecular weight excluding hydrogens is 222 g/mol. The highest BCUT2D eigenvalue weighted by Gasteiger charge is 2.08. The SMILES string of the molecule is CCCc1nc(Cn2ccc(C(=O)O)c2)no1. The van der Waals surface area contributed by atoms with Crippen molar-refractivity contribution < 1.29 is 14.4 Å². The molecule has 0 spiro atoms. The third-order valence-electron chi connectivity index (χ3n) is 2.30. The lowest BCUT2D eigenvalue weighted by Crippen LogP contribution is -2.00. The van der Waals surface area contributed by atoms with Crippen molar-refractivity contribution in [2.45, 2.75) is 26.3 Å². The third-order valence-corrected chi connectivity index (χ3v) is 2.30. The lowest BCUT2D eigenvalue weighted by atomic mass is 10.3. The Kier molecular flexibility index (Phi) is 3.22. The zero-order valence-corrected chi connectivity index (χ0v) is 9.46. The molecule has 0 aliphatic rings. The minimum Gasteiger partial charge on any atom is -0.478 e. The summed E-state index contributed by atoms with van der Waals surface area (Å²) in [6.45, 7) is 2.45. The van der Waals surface area contributed by atoms with Crippen LogP contribution >= 0.6 is 0 Å². The smallest absolute Gasteiger partial charge is 0.337 e. The monoisotopic (exact) mass is 235 g/mol. The molecule has 0 bridgehead atoms. The number of aromatic nitrogens is 3. The van der Waals surface area contributed by atoms with Gasteiger partial charge >= 0.3 is 5.97 Å². The van der Waals surface area contributed by atoms with Gasteiger partial charge in [0.2, 0.25) is 5.89 Å². The topological polar surface area (TPSA) is 81.2 Å². The molecule has 0 fully saturated rings. The largest absolute Gasteiger partial charge is 0.478 e. The predicted molar refractivity (Wildman–Crippen MR) is 58.8 cm³/mol. The molecule has 2 rings (SSSR count). The molecule has 6 heteroatoms. The second-order valence-corrected chi connectivity index (χ2v) is 3.73. The molecule has 90 valence electrons. The van der Waals surface area contributed by atoms with E-state index in [0.717, 1.165) is 12.8 Å². The first-order chi connectivity index (χ1) is 8.19. The molecule has 2 heterocycles. The number of aromatic carboxylic acids is 1. The Labute approximate surface area is 97.9 Å². The highest BCUT2D eigenvalue weighted by atomic mass is 16.5. The molecule has 0 saturated carbocycles. The van der Waals surface area contributed by atoms with Crippen LogP contribution in [0.4, 0.5) is 0 Å². The fourth-order valence-electron chi connectivity index (χ4n) is 1.50. The van der Waals surface area contributed by atoms with Crippen LogP contribution in [0.25, 0.3) is 0 Å². The van der Waals surface area contributed by atoms with E-state index in [-0.39, 0.29) is 5.56 Å². The number of rotatable bonds is 5. The van der Waals surface area contributed by atoms with Crippen molar-refractivity contribution in [2.75, 3.05) is 0 Å². The minimum atomic E-state index is -0.941. The summed E-state index contributed by atoms with van der Waals surface area (Å²) in [6, 6.07) is 1.54. The predicted octanol–water partition coefficient (Wildman–Crippen LogP) is 1.57. The summed E-state index contributed by atoms with van der Waals surface area (Å²) in [7, 11) is 0. The van der Waals surface area contributed by atoms with E-state index in [1.807, 2.05) is 6.92 Å². The molecule has 17 heavy (non-hydrogen) atoms. The van der Waals surface area contributed by atoms with Crippen molar-refractivity contribution in [1.82, 2.24) is 14.7 Å². The van der Waals surface area contributed by atoms with Gasteiger partial charge in [-0.05, 0) is 12.5 Å². The lowest BCUT2D eigenvalue weighted by molar-refractivity contribution is 0.0697. The molecule has 1 N–H and O–H groups in total. The second kappa shape index (κ2) is 4.82. The first-order valence-electron chi connectivity index (χ1n) is 5.39. The van der Waals surface area contributed by atoms with Gasteiger partial charge in [0.05, 0.1) is 12.1 Å². The Morgan fingerprint density at radius 3 is 3.06 bits per heavy atom. The van der Waals surface area contributed by atoms with E-state index >= 15 is 0 Å². The van der Waals surface area contributed by atoms with E-state index in [1.54, 1.807) is 10.8 Å². The van der Waals surface area contributed by atoms with E-state index in [9.17, 15) is 4.79 Å². The van der Waals surface area contributed by atoms with Crippen LogP contribution in [0.2, 0.25) is 0 Å². The van der Waals surface area contributed by atoms with Gasteiger partial charge in [0, 0.05) is 18.8 Å². The van der Waals surface area contributed by atoms with Gasteiger partial charge < -0.3 is 14.2 Å². The van der Waals surface area contributed by atoms with Crippen LogP contribution in [0.1, 0.15) is 35.4 Å². The summed E-state index contributed by atoms with van der Waals surface area (Å²) in [5, 5.41) is 12.6. The van der Waals surface area contributed by atoms with Crippen LogP contribution in [0.5, 0.6) is 0 Å². The summed E-state index contributed by atoms with van der Waals surface area (Å²) in [4.78, 5) is 14.9. The number of hydrogen-bond donors (Lipinski definition) is 1. The fourth-order valence-corrected chi connectivity index (χ4v) is 1.50. The van der Waals surface area contributed by atoms with Gasteiger partial charge in [-0.1, -0.05) is 12.1 Å². The van der Waals surface area contributed by atoms with Crippen LogP contribution in [-0.2, 0) is 13.0 Å². The number of carboxylic acids is 1. The summed E-state index contributed by atoms with van der Waals surface area (Å²) in [5.41, 5.74) is 0.252. The van der Waals surface area contributed by atoms with Gasteiger partial charge in [0.15, 0.2) is 5.82 Å². The lowest BCUT2D eigenvalue weighted by Gasteiger charge is -1.95. The third kappa shape index (κ3) is 2.72. The van der Waals surface area contributed by atoms with Gasteiger partial charge in [-0.25, -0.2) is 4.79 Å². The van der Waals surface area contributed by atoms with Gasteiger partial charge in [-0.2, -0.15) is 4.98 Å². The molecule has 0 aliphatic carbocycles. The Hall–Kier alpha value is -2.11. The molecule has 6 nitrogen and oxygen atoms in total. The standard InChI is InChI=1S/C11H13N3O3/c1-2-3-10-12-9(13-17-10)7-14-5-4-8(6-14)11(15)16/h4-6H,2-3,7H2,1H3,(H,15,16). The average molecular weight is 235 g/mol. The highest BCUT2D eigenvalue weighted by molar-refractivity contribution is 5.87. The summed E-state index contributed by atoms with van der Waals surface area (Å²) in [6.07, 6.45) is 4.94. The van der Waals surface area contributed by atoms with E-state index < -0.39 is 5.97 Å². The van der Waals surface area contributed by atoms with Crippen LogP contribution in [-0.4, -0.2) is 25.8 Å². The summed E-state index contributed by atoms with van der Waals surface area (Å²) >= 11 is 0. The van der Waals surface area contributed by atoms with Gasteiger partial charge in [-0.3, -0.25) is 0 Å². The first kappa shape index (κ1) is 11.4. The Bertz CT molecular complexity index is 516. The normalized spacial score (nSPS) is 10.6. The fraction of sp³-hybridized carbons (Fsp3) is 0.364. The van der Waals surface area contributed by atoms with E-state index in [1.165, 1.54) is 12.3 Å². The number of carboxylic acid groups (broad SMARTS) is 1. The number of nitrogens with zero attached hydrogens (tertiary/aromatic N) is 3. The van der Waals surface area contributed by atoms with Crippen molar-refractivity contribution in [3.8, 4) is 0 Å². The van der Waals surface area contributed by atoms with Crippen molar-refractivity contribution in [3.63, 3.8) is 0 Å². The van der Waals surface area contributed by atoms with Crippen molar-refractivity contribution in [3.05, 3.63) is 35.7 Å². The molecule has 0 aromatic carbocycles. The highest BCUT2D eigenvalue weighted by Crippen LogP contribution is 2.05. The van der Waals surface area contributed by atoms with E-state index in [4.69, 9.17) is 9.63 Å².